The molecule has 0 saturated carbocycles. The highest BCUT2D eigenvalue weighted by Crippen LogP contribution is 2.38. The molecular weight excluding hydrogens is 406 g/mol. The van der Waals surface area contributed by atoms with Crippen molar-refractivity contribution in [2.45, 2.75) is 6.92 Å². The molecule has 3 aromatic heterocycles. The van der Waals surface area contributed by atoms with Crippen molar-refractivity contribution in [3.05, 3.63) is 50.8 Å². The summed E-state index contributed by atoms with van der Waals surface area (Å²) in [6, 6.07) is 7.12. The van der Waals surface area contributed by atoms with Crippen molar-refractivity contribution in [1.29, 1.82) is 0 Å². The summed E-state index contributed by atoms with van der Waals surface area (Å²) in [7, 11) is 0. The number of carbonyl (C=O) groups is 3. The van der Waals surface area contributed by atoms with Crippen LogP contribution < -0.4 is 5.32 Å². The quantitative estimate of drug-likeness (QED) is 0.568. The fourth-order valence-corrected chi connectivity index (χ4v) is 4.63. The molecule has 0 spiro atoms. The molecule has 0 saturated heterocycles. The number of nitrogens with one attached hydrogen (secondary N) is 1. The van der Waals surface area contributed by atoms with Crippen LogP contribution in [-0.2, 0) is 14.3 Å². The Morgan fingerprint density at radius 3 is 2.44 bits per heavy atom. The Bertz CT molecular complexity index is 929. The van der Waals surface area contributed by atoms with Gasteiger partial charge in [0.25, 0.3) is 5.91 Å². The van der Waals surface area contributed by atoms with Crippen LogP contribution in [0, 0.1) is 0 Å². The molecule has 0 aliphatic carbocycles. The summed E-state index contributed by atoms with van der Waals surface area (Å²) in [6.45, 7) is 1.51. The molecule has 0 radical (unpaired) electrons. The molecule has 3 aromatic rings. The molecule has 9 heteroatoms. The summed E-state index contributed by atoms with van der Waals surface area (Å²) in [5, 5.41) is 8.47. The molecule has 0 atom stereocenters. The van der Waals surface area contributed by atoms with Crippen LogP contribution in [0.15, 0.2) is 40.4 Å². The number of carbonyl (C=O) groups excluding carboxylic acids is 3. The maximum atomic E-state index is 12.4. The van der Waals surface area contributed by atoms with Gasteiger partial charge in [0.1, 0.15) is 15.4 Å². The number of ether oxygens (including phenoxy) is 2. The number of rotatable bonds is 7. The van der Waals surface area contributed by atoms with Gasteiger partial charge < -0.3 is 14.8 Å². The Hall–Kier alpha value is -2.49. The largest absolute Gasteiger partial charge is 0.462 e. The molecule has 1 amide bonds. The average molecular weight is 422 g/mol. The van der Waals surface area contributed by atoms with Gasteiger partial charge in [0.15, 0.2) is 6.61 Å². The molecule has 27 heavy (non-hydrogen) atoms. The normalized spacial score (nSPS) is 10.4. The van der Waals surface area contributed by atoms with E-state index in [9.17, 15) is 14.4 Å². The summed E-state index contributed by atoms with van der Waals surface area (Å²) >= 11 is 3.95. The molecule has 1 N–H and O–H groups in total. The van der Waals surface area contributed by atoms with Crippen LogP contribution in [0.3, 0.4) is 0 Å². The van der Waals surface area contributed by atoms with Gasteiger partial charge in [0.2, 0.25) is 0 Å². The summed E-state index contributed by atoms with van der Waals surface area (Å²) in [6.07, 6.45) is 0. The van der Waals surface area contributed by atoms with Gasteiger partial charge in [0, 0.05) is 15.8 Å². The van der Waals surface area contributed by atoms with Crippen molar-refractivity contribution in [2.24, 2.45) is 0 Å². The second-order valence-electron chi connectivity index (χ2n) is 5.15. The van der Waals surface area contributed by atoms with Crippen LogP contribution in [0.5, 0.6) is 0 Å². The summed E-state index contributed by atoms with van der Waals surface area (Å²) in [5.41, 5.74) is 1.02. The predicted octanol–water partition coefficient (Wildman–Crippen LogP) is 4.51. The van der Waals surface area contributed by atoms with E-state index in [1.807, 2.05) is 17.5 Å². The third kappa shape index (κ3) is 4.62. The first-order chi connectivity index (χ1) is 13.1. The lowest BCUT2D eigenvalue weighted by molar-refractivity contribution is -0.119. The lowest BCUT2D eigenvalue weighted by Gasteiger charge is -2.08. The van der Waals surface area contributed by atoms with E-state index < -0.39 is 24.5 Å². The fourth-order valence-electron chi connectivity index (χ4n) is 2.23. The zero-order chi connectivity index (χ0) is 19.2. The molecule has 0 aromatic carbocycles. The number of esters is 2. The second-order valence-corrected chi connectivity index (χ2v) is 7.93. The van der Waals surface area contributed by atoms with Crippen LogP contribution in [0.4, 0.5) is 5.00 Å². The molecule has 0 fully saturated rings. The van der Waals surface area contributed by atoms with Crippen molar-refractivity contribution >= 4 is 56.9 Å². The van der Waals surface area contributed by atoms with Gasteiger partial charge in [-0.25, -0.2) is 9.59 Å². The SMILES string of the molecule is CCOC(=O)c1c(-c2cccs2)csc1NC(=O)COC(=O)c1cccs1. The zero-order valence-electron chi connectivity index (χ0n) is 14.2. The molecule has 3 heterocycles. The molecule has 0 unspecified atom stereocenters. The van der Waals surface area contributed by atoms with Gasteiger partial charge in [-0.1, -0.05) is 12.1 Å². The maximum Gasteiger partial charge on any atom is 0.348 e. The van der Waals surface area contributed by atoms with Crippen LogP contribution >= 0.6 is 34.0 Å². The smallest absolute Gasteiger partial charge is 0.348 e. The lowest BCUT2D eigenvalue weighted by Crippen LogP contribution is -2.21. The van der Waals surface area contributed by atoms with Crippen LogP contribution in [0.2, 0.25) is 0 Å². The highest BCUT2D eigenvalue weighted by atomic mass is 32.1. The summed E-state index contributed by atoms with van der Waals surface area (Å²) < 4.78 is 10.1. The Kier molecular flexibility index (Phi) is 6.38. The van der Waals surface area contributed by atoms with Gasteiger partial charge in [-0.05, 0) is 29.8 Å². The molecule has 0 bridgehead atoms. The lowest BCUT2D eigenvalue weighted by atomic mass is 10.1. The average Bonchev–Trinajstić information content (AvgIpc) is 3.40. The van der Waals surface area contributed by atoms with Crippen molar-refractivity contribution in [1.82, 2.24) is 0 Å². The topological polar surface area (TPSA) is 81.7 Å². The van der Waals surface area contributed by atoms with Gasteiger partial charge >= 0.3 is 11.9 Å². The Labute approximate surface area is 167 Å². The second kappa shape index (κ2) is 8.94. The first-order valence-corrected chi connectivity index (χ1v) is 10.6. The fraction of sp³-hybridized carbons (Fsp3) is 0.167. The third-order valence-electron chi connectivity index (χ3n) is 3.37. The van der Waals surface area contributed by atoms with Crippen molar-refractivity contribution in [3.63, 3.8) is 0 Å². The first-order valence-electron chi connectivity index (χ1n) is 7.93. The van der Waals surface area contributed by atoms with E-state index in [1.165, 1.54) is 34.0 Å². The number of hydrogen-bond acceptors (Lipinski definition) is 8. The molecular formula is C18H15NO5S3. The minimum absolute atomic E-state index is 0.227. The molecule has 0 aliphatic rings. The number of anilines is 1. The number of thiophene rings is 3. The highest BCUT2D eigenvalue weighted by Gasteiger charge is 2.23. The summed E-state index contributed by atoms with van der Waals surface area (Å²) in [5.74, 6) is -1.59. The number of amides is 1. The summed E-state index contributed by atoms with van der Waals surface area (Å²) in [4.78, 5) is 37.7. The van der Waals surface area contributed by atoms with Gasteiger partial charge in [-0.2, -0.15) is 0 Å². The highest BCUT2D eigenvalue weighted by molar-refractivity contribution is 7.17. The standard InChI is InChI=1S/C18H15NO5S3/c1-2-23-18(22)15-11(12-5-3-7-25-12)10-27-16(15)19-14(20)9-24-17(21)13-6-4-8-26-13/h3-8,10H,2,9H2,1H3,(H,19,20). The Balaban J connectivity index is 1.73. The van der Waals surface area contributed by atoms with E-state index in [-0.39, 0.29) is 6.61 Å². The molecule has 3 rings (SSSR count). The predicted molar refractivity (Wildman–Crippen MR) is 107 cm³/mol. The minimum Gasteiger partial charge on any atom is -0.462 e. The Morgan fingerprint density at radius 1 is 1.00 bits per heavy atom. The van der Waals surface area contributed by atoms with Crippen LogP contribution in [0.25, 0.3) is 10.4 Å². The van der Waals surface area contributed by atoms with E-state index in [2.05, 4.69) is 5.32 Å². The van der Waals surface area contributed by atoms with Crippen LogP contribution in [-0.4, -0.2) is 31.1 Å². The van der Waals surface area contributed by atoms with Crippen molar-refractivity contribution < 1.29 is 23.9 Å². The molecule has 6 nitrogen and oxygen atoms in total. The van der Waals surface area contributed by atoms with Crippen molar-refractivity contribution in [3.8, 4) is 10.4 Å². The first kappa shape index (κ1) is 19.3. The van der Waals surface area contributed by atoms with E-state index in [0.717, 1.165) is 4.88 Å². The Morgan fingerprint density at radius 2 is 1.78 bits per heavy atom. The molecule has 0 aliphatic heterocycles. The minimum atomic E-state index is -0.559. The zero-order valence-corrected chi connectivity index (χ0v) is 16.7. The van der Waals surface area contributed by atoms with Crippen LogP contribution in [0.1, 0.15) is 27.0 Å². The van der Waals surface area contributed by atoms with E-state index >= 15 is 0 Å². The molecule has 140 valence electrons. The van der Waals surface area contributed by atoms with Gasteiger partial charge in [0.05, 0.1) is 6.61 Å². The number of hydrogen-bond donors (Lipinski definition) is 1. The maximum absolute atomic E-state index is 12.4. The van der Waals surface area contributed by atoms with E-state index in [1.54, 1.807) is 29.8 Å². The van der Waals surface area contributed by atoms with E-state index in [0.29, 0.717) is 21.0 Å². The van der Waals surface area contributed by atoms with Crippen molar-refractivity contribution in [2.75, 3.05) is 18.5 Å². The monoisotopic (exact) mass is 421 g/mol. The van der Waals surface area contributed by atoms with Gasteiger partial charge in [-0.3, -0.25) is 4.79 Å². The van der Waals surface area contributed by atoms with E-state index in [4.69, 9.17) is 9.47 Å². The van der Waals surface area contributed by atoms with Gasteiger partial charge in [-0.15, -0.1) is 34.0 Å². The third-order valence-corrected chi connectivity index (χ3v) is 6.02.